The zero-order valence-electron chi connectivity index (χ0n) is 10.5. The first-order valence-corrected chi connectivity index (χ1v) is 6.71. The van der Waals surface area contributed by atoms with E-state index in [9.17, 15) is 10.1 Å². The Hall–Kier alpha value is -1.99. The Morgan fingerprint density at radius 2 is 2.10 bits per heavy atom. The number of halogens is 1. The molecule has 0 saturated heterocycles. The number of nitrogens with one attached hydrogen (secondary N) is 1. The minimum absolute atomic E-state index is 0.0837. The first-order valence-electron chi connectivity index (χ1n) is 5.92. The Balaban J connectivity index is 2.09. The van der Waals surface area contributed by atoms with E-state index in [-0.39, 0.29) is 17.5 Å². The molecule has 20 heavy (non-hydrogen) atoms. The smallest absolute Gasteiger partial charge is 0.312 e. The molecule has 2 aromatic rings. The summed E-state index contributed by atoms with van der Waals surface area (Å²) in [6.45, 7) is 0.361. The van der Waals surface area contributed by atoms with E-state index in [1.165, 1.54) is 12.3 Å². The van der Waals surface area contributed by atoms with E-state index in [0.717, 1.165) is 5.56 Å². The number of benzene rings is 1. The molecule has 7 heteroatoms. The lowest BCUT2D eigenvalue weighted by Gasteiger charge is -2.13. The normalized spacial score (nSPS) is 11.9. The summed E-state index contributed by atoms with van der Waals surface area (Å²) >= 11 is 3.16. The third-order valence-electron chi connectivity index (χ3n) is 2.75. The standard InChI is InChI=1S/C13H13BrN4O2/c14-10-6-12(18(19)20)13(16-7-10)17-8-11(15)9-4-2-1-3-5-9/h1-7,11H,8,15H2,(H,16,17). The van der Waals surface area contributed by atoms with Crippen molar-refractivity contribution >= 4 is 27.4 Å². The van der Waals surface area contributed by atoms with Gasteiger partial charge in [0.25, 0.3) is 0 Å². The summed E-state index contributed by atoms with van der Waals surface area (Å²) in [7, 11) is 0. The van der Waals surface area contributed by atoms with Crippen LogP contribution in [0.4, 0.5) is 11.5 Å². The van der Waals surface area contributed by atoms with E-state index in [2.05, 4.69) is 26.2 Å². The third kappa shape index (κ3) is 3.52. The molecule has 6 nitrogen and oxygen atoms in total. The highest BCUT2D eigenvalue weighted by Gasteiger charge is 2.16. The van der Waals surface area contributed by atoms with Crippen LogP contribution in [0.2, 0.25) is 0 Å². The van der Waals surface area contributed by atoms with Gasteiger partial charge < -0.3 is 11.1 Å². The predicted octanol–water partition coefficient (Wildman–Crippen LogP) is 2.86. The molecule has 104 valence electrons. The molecule has 1 unspecified atom stereocenters. The lowest BCUT2D eigenvalue weighted by Crippen LogP contribution is -2.21. The van der Waals surface area contributed by atoms with E-state index < -0.39 is 4.92 Å². The second kappa shape index (κ2) is 6.44. The van der Waals surface area contributed by atoms with Crippen LogP contribution in [0.25, 0.3) is 0 Å². The van der Waals surface area contributed by atoms with Crippen molar-refractivity contribution in [2.75, 3.05) is 11.9 Å². The van der Waals surface area contributed by atoms with Crippen LogP contribution in [0, 0.1) is 10.1 Å². The zero-order valence-corrected chi connectivity index (χ0v) is 12.1. The van der Waals surface area contributed by atoms with Crippen LogP contribution in [0.3, 0.4) is 0 Å². The fourth-order valence-corrected chi connectivity index (χ4v) is 2.05. The summed E-state index contributed by atoms with van der Waals surface area (Å²) < 4.78 is 0.558. The molecule has 0 aliphatic carbocycles. The van der Waals surface area contributed by atoms with Gasteiger partial charge in [-0.15, -0.1) is 0 Å². The lowest BCUT2D eigenvalue weighted by molar-refractivity contribution is -0.384. The topological polar surface area (TPSA) is 94.1 Å². The minimum Gasteiger partial charge on any atom is -0.362 e. The van der Waals surface area contributed by atoms with Crippen molar-refractivity contribution in [3.63, 3.8) is 0 Å². The third-order valence-corrected chi connectivity index (χ3v) is 3.18. The number of hydrogen-bond acceptors (Lipinski definition) is 5. The number of hydrogen-bond donors (Lipinski definition) is 2. The molecule has 3 N–H and O–H groups in total. The van der Waals surface area contributed by atoms with Crippen LogP contribution in [-0.4, -0.2) is 16.5 Å². The van der Waals surface area contributed by atoms with Gasteiger partial charge in [0.05, 0.1) is 4.92 Å². The number of pyridine rings is 1. The first kappa shape index (κ1) is 14.4. The summed E-state index contributed by atoms with van der Waals surface area (Å²) in [5, 5.41) is 13.9. The van der Waals surface area contributed by atoms with E-state index >= 15 is 0 Å². The monoisotopic (exact) mass is 336 g/mol. The molecule has 0 saturated carbocycles. The molecular formula is C13H13BrN4O2. The first-order chi connectivity index (χ1) is 9.58. The number of nitrogens with zero attached hydrogens (tertiary/aromatic N) is 2. The molecule has 0 spiro atoms. The zero-order chi connectivity index (χ0) is 14.5. The number of nitrogens with two attached hydrogens (primary N) is 1. The maximum Gasteiger partial charge on any atom is 0.312 e. The average Bonchev–Trinajstić information content (AvgIpc) is 2.46. The average molecular weight is 337 g/mol. The van der Waals surface area contributed by atoms with Gasteiger partial charge in [-0.1, -0.05) is 30.3 Å². The summed E-state index contributed by atoms with van der Waals surface area (Å²) in [6.07, 6.45) is 1.50. The Morgan fingerprint density at radius 3 is 2.75 bits per heavy atom. The molecule has 0 fully saturated rings. The molecular weight excluding hydrogens is 324 g/mol. The molecule has 0 amide bonds. The molecule has 0 aliphatic rings. The number of anilines is 1. The van der Waals surface area contributed by atoms with Crippen molar-refractivity contribution in [1.29, 1.82) is 0 Å². The SMILES string of the molecule is NC(CNc1ncc(Br)cc1[N+](=O)[O-])c1ccccc1. The summed E-state index contributed by atoms with van der Waals surface area (Å²) in [6, 6.07) is 10.7. The van der Waals surface area contributed by atoms with Crippen LogP contribution in [0.5, 0.6) is 0 Å². The van der Waals surface area contributed by atoms with Gasteiger partial charge in [0.15, 0.2) is 0 Å². The van der Waals surface area contributed by atoms with Crippen molar-refractivity contribution < 1.29 is 4.92 Å². The Labute approximate surface area is 124 Å². The second-order valence-electron chi connectivity index (χ2n) is 4.18. The number of rotatable bonds is 5. The molecule has 0 radical (unpaired) electrons. The molecule has 2 rings (SSSR count). The van der Waals surface area contributed by atoms with Gasteiger partial charge in [0, 0.05) is 29.3 Å². The van der Waals surface area contributed by atoms with Gasteiger partial charge in [0.2, 0.25) is 5.82 Å². The van der Waals surface area contributed by atoms with Gasteiger partial charge in [-0.3, -0.25) is 10.1 Å². The van der Waals surface area contributed by atoms with Crippen LogP contribution in [-0.2, 0) is 0 Å². The molecule has 1 atom stereocenters. The van der Waals surface area contributed by atoms with Gasteiger partial charge in [-0.2, -0.15) is 0 Å². The Kier molecular flexibility index (Phi) is 4.65. The quantitative estimate of drug-likeness (QED) is 0.646. The number of nitro groups is 1. The van der Waals surface area contributed by atoms with E-state index in [1.807, 2.05) is 30.3 Å². The van der Waals surface area contributed by atoms with Gasteiger partial charge in [0.1, 0.15) is 0 Å². The van der Waals surface area contributed by atoms with Crippen molar-refractivity contribution in [3.8, 4) is 0 Å². The van der Waals surface area contributed by atoms with Crippen LogP contribution >= 0.6 is 15.9 Å². The Bertz CT molecular complexity index is 607. The van der Waals surface area contributed by atoms with Crippen molar-refractivity contribution in [3.05, 3.63) is 62.7 Å². The van der Waals surface area contributed by atoms with E-state index in [0.29, 0.717) is 11.0 Å². The van der Waals surface area contributed by atoms with Gasteiger partial charge in [-0.25, -0.2) is 4.98 Å². The largest absolute Gasteiger partial charge is 0.362 e. The second-order valence-corrected chi connectivity index (χ2v) is 5.09. The molecule has 0 aliphatic heterocycles. The number of aromatic nitrogens is 1. The summed E-state index contributed by atoms with van der Waals surface area (Å²) in [4.78, 5) is 14.5. The minimum atomic E-state index is -0.478. The van der Waals surface area contributed by atoms with Crippen molar-refractivity contribution in [1.82, 2.24) is 4.98 Å². The molecule has 1 aromatic heterocycles. The van der Waals surface area contributed by atoms with Crippen molar-refractivity contribution in [2.45, 2.75) is 6.04 Å². The highest BCUT2D eigenvalue weighted by Crippen LogP contribution is 2.25. The van der Waals surface area contributed by atoms with Gasteiger partial charge >= 0.3 is 5.69 Å². The van der Waals surface area contributed by atoms with Crippen LogP contribution in [0.15, 0.2) is 47.1 Å². The highest BCUT2D eigenvalue weighted by atomic mass is 79.9. The van der Waals surface area contributed by atoms with E-state index in [4.69, 9.17) is 5.73 Å². The molecule has 1 heterocycles. The summed E-state index contributed by atoms with van der Waals surface area (Å²) in [5.41, 5.74) is 6.90. The molecule has 0 bridgehead atoms. The van der Waals surface area contributed by atoms with Crippen LogP contribution < -0.4 is 11.1 Å². The Morgan fingerprint density at radius 1 is 1.40 bits per heavy atom. The lowest BCUT2D eigenvalue weighted by atomic mass is 10.1. The maximum absolute atomic E-state index is 11.0. The van der Waals surface area contributed by atoms with Crippen LogP contribution in [0.1, 0.15) is 11.6 Å². The summed E-state index contributed by atoms with van der Waals surface area (Å²) in [5.74, 6) is 0.213. The molecule has 1 aromatic carbocycles. The fourth-order valence-electron chi connectivity index (χ4n) is 1.73. The predicted molar refractivity (Wildman–Crippen MR) is 80.5 cm³/mol. The fraction of sp³-hybridized carbons (Fsp3) is 0.154. The van der Waals surface area contributed by atoms with Crippen molar-refractivity contribution in [2.24, 2.45) is 5.73 Å². The van der Waals surface area contributed by atoms with Gasteiger partial charge in [-0.05, 0) is 21.5 Å². The maximum atomic E-state index is 11.0. The highest BCUT2D eigenvalue weighted by molar-refractivity contribution is 9.10. The van der Waals surface area contributed by atoms with E-state index in [1.54, 1.807) is 0 Å².